The number of hydrogen-bond acceptors (Lipinski definition) is 7. The number of carbonyl (C=O) groups is 1. The second-order valence-electron chi connectivity index (χ2n) is 7.89. The molecule has 9 nitrogen and oxygen atoms in total. The van der Waals surface area contributed by atoms with Crippen molar-refractivity contribution in [2.75, 3.05) is 21.3 Å². The molecule has 2 aromatic carbocycles. The van der Waals surface area contributed by atoms with Crippen molar-refractivity contribution in [3.8, 4) is 23.0 Å². The normalized spacial score (nSPS) is 19.2. The number of ketones is 1. The summed E-state index contributed by atoms with van der Waals surface area (Å²) in [5.74, 6) is -1.23. The molecule has 2 aromatic rings. The van der Waals surface area contributed by atoms with E-state index in [1.54, 1.807) is 12.1 Å². The SMILES string of the molecule is COc1cc(C(=O)C2C(c3ccc(F)c(OOP(=O)(O)O)c3)C2(C)C)cc(OC)c1OC. The lowest BCUT2D eigenvalue weighted by Crippen LogP contribution is -2.08. The Hall–Kier alpha value is -2.65. The summed E-state index contributed by atoms with van der Waals surface area (Å²) >= 11 is 0. The average Bonchev–Trinajstić information content (AvgIpc) is 3.32. The molecular weight excluding hydrogens is 446 g/mol. The van der Waals surface area contributed by atoms with E-state index in [1.165, 1.54) is 33.5 Å². The minimum Gasteiger partial charge on any atom is -0.493 e. The van der Waals surface area contributed by atoms with Gasteiger partial charge in [0.15, 0.2) is 23.1 Å². The van der Waals surface area contributed by atoms with Gasteiger partial charge in [-0.3, -0.25) is 4.79 Å². The first-order chi connectivity index (χ1) is 14.9. The molecule has 2 N–H and O–H groups in total. The highest BCUT2D eigenvalue weighted by atomic mass is 31.2. The van der Waals surface area contributed by atoms with E-state index in [9.17, 15) is 13.8 Å². The van der Waals surface area contributed by atoms with Crippen LogP contribution in [0.4, 0.5) is 4.39 Å². The molecule has 1 aliphatic rings. The molecule has 0 heterocycles. The molecule has 174 valence electrons. The molecule has 0 saturated heterocycles. The van der Waals surface area contributed by atoms with Crippen LogP contribution in [-0.2, 0) is 9.24 Å². The summed E-state index contributed by atoms with van der Waals surface area (Å²) in [7, 11) is -0.596. The van der Waals surface area contributed by atoms with E-state index in [2.05, 4.69) is 9.56 Å². The summed E-state index contributed by atoms with van der Waals surface area (Å²) in [6.45, 7) is 3.79. The zero-order valence-corrected chi connectivity index (χ0v) is 19.0. The smallest absolute Gasteiger partial charge is 0.493 e. The van der Waals surface area contributed by atoms with Crippen LogP contribution in [0.15, 0.2) is 30.3 Å². The predicted octanol–water partition coefficient (Wildman–Crippen LogP) is 3.88. The topological polar surface area (TPSA) is 121 Å². The quantitative estimate of drug-likeness (QED) is 0.243. The fraction of sp³-hybridized carbons (Fsp3) is 0.381. The minimum atomic E-state index is -4.97. The fourth-order valence-electron chi connectivity index (χ4n) is 4.02. The van der Waals surface area contributed by atoms with Crippen LogP contribution < -0.4 is 19.1 Å². The van der Waals surface area contributed by atoms with Crippen molar-refractivity contribution >= 4 is 13.6 Å². The molecule has 32 heavy (non-hydrogen) atoms. The number of carbonyl (C=O) groups excluding carboxylic acids is 1. The van der Waals surface area contributed by atoms with Crippen molar-refractivity contribution in [1.29, 1.82) is 0 Å². The van der Waals surface area contributed by atoms with Gasteiger partial charge in [0.25, 0.3) is 0 Å². The lowest BCUT2D eigenvalue weighted by atomic mass is 10.0. The molecule has 1 saturated carbocycles. The Morgan fingerprint density at radius 3 is 2.09 bits per heavy atom. The van der Waals surface area contributed by atoms with Gasteiger partial charge >= 0.3 is 7.82 Å². The van der Waals surface area contributed by atoms with Gasteiger partial charge in [-0.1, -0.05) is 24.6 Å². The molecular formula is C21H24FO9P. The first-order valence-corrected chi connectivity index (χ1v) is 11.0. The van der Waals surface area contributed by atoms with Gasteiger partial charge in [-0.2, -0.15) is 0 Å². The van der Waals surface area contributed by atoms with E-state index in [0.717, 1.165) is 6.07 Å². The highest BCUT2D eigenvalue weighted by molar-refractivity contribution is 7.46. The standard InChI is InChI=1S/C21H24FO9P/c1-21(2)17(11-6-7-13(22)14(8-11)30-31-32(24,25)26)18(21)19(23)12-9-15(27-3)20(29-5)16(10-12)28-4/h6-10,17-18H,1-5H3,(H2,24,25,26). The number of hydrogen-bond donors (Lipinski definition) is 2. The molecule has 0 aliphatic heterocycles. The largest absolute Gasteiger partial charge is 0.505 e. The Bertz CT molecular complexity index is 1050. The molecule has 0 spiro atoms. The van der Waals surface area contributed by atoms with Crippen LogP contribution in [0.2, 0.25) is 0 Å². The van der Waals surface area contributed by atoms with Gasteiger partial charge in [0.05, 0.1) is 21.3 Å². The Kier molecular flexibility index (Phi) is 6.53. The number of phosphoric acid groups is 1. The van der Waals surface area contributed by atoms with E-state index >= 15 is 0 Å². The van der Waals surface area contributed by atoms with Gasteiger partial charge in [0, 0.05) is 17.4 Å². The van der Waals surface area contributed by atoms with Crippen molar-refractivity contribution in [2.45, 2.75) is 19.8 Å². The van der Waals surface area contributed by atoms with Crippen LogP contribution in [0.1, 0.15) is 35.7 Å². The van der Waals surface area contributed by atoms with Crippen LogP contribution in [0.3, 0.4) is 0 Å². The second-order valence-corrected chi connectivity index (χ2v) is 9.02. The maximum absolute atomic E-state index is 14.0. The van der Waals surface area contributed by atoms with E-state index in [1.807, 2.05) is 13.8 Å². The number of benzene rings is 2. The zero-order valence-electron chi connectivity index (χ0n) is 18.1. The van der Waals surface area contributed by atoms with Gasteiger partial charge in [-0.15, -0.1) is 0 Å². The summed E-state index contributed by atoms with van der Waals surface area (Å²) in [5, 5.41) is 0. The molecule has 2 unspecified atom stereocenters. The maximum atomic E-state index is 14.0. The molecule has 0 amide bonds. The molecule has 3 rings (SSSR count). The molecule has 0 aromatic heterocycles. The van der Waals surface area contributed by atoms with Gasteiger partial charge in [0.1, 0.15) is 0 Å². The molecule has 1 fully saturated rings. The molecule has 1 aliphatic carbocycles. The van der Waals surface area contributed by atoms with Crippen LogP contribution in [-0.4, -0.2) is 36.9 Å². The molecule has 2 atom stereocenters. The van der Waals surface area contributed by atoms with Gasteiger partial charge in [-0.25, -0.2) is 8.96 Å². The Balaban J connectivity index is 1.92. The average molecular weight is 470 g/mol. The molecule has 0 radical (unpaired) electrons. The van der Waals surface area contributed by atoms with Gasteiger partial charge < -0.3 is 28.9 Å². The number of ether oxygens (including phenoxy) is 3. The first-order valence-electron chi connectivity index (χ1n) is 9.50. The lowest BCUT2D eigenvalue weighted by molar-refractivity contribution is -0.125. The molecule has 11 heteroatoms. The van der Waals surface area contributed by atoms with E-state index in [-0.39, 0.29) is 11.7 Å². The van der Waals surface area contributed by atoms with E-state index in [4.69, 9.17) is 24.0 Å². The number of methoxy groups -OCH3 is 3. The summed E-state index contributed by atoms with van der Waals surface area (Å²) in [6.07, 6.45) is 0. The third-order valence-corrected chi connectivity index (χ3v) is 5.87. The highest BCUT2D eigenvalue weighted by Crippen LogP contribution is 2.66. The summed E-state index contributed by atoms with van der Waals surface area (Å²) in [4.78, 5) is 35.4. The number of rotatable bonds is 9. The fourth-order valence-corrected chi connectivity index (χ4v) is 4.20. The minimum absolute atomic E-state index is 0.169. The Labute approximate surface area is 184 Å². The van der Waals surface area contributed by atoms with Crippen molar-refractivity contribution < 1.29 is 47.3 Å². The summed E-state index contributed by atoms with van der Waals surface area (Å²) < 4.78 is 44.7. The monoisotopic (exact) mass is 470 g/mol. The van der Waals surface area contributed by atoms with E-state index < -0.39 is 30.7 Å². The van der Waals surface area contributed by atoms with Crippen molar-refractivity contribution in [2.24, 2.45) is 11.3 Å². The first kappa shape index (κ1) is 24.0. The number of halogens is 1. The van der Waals surface area contributed by atoms with E-state index in [0.29, 0.717) is 28.4 Å². The Morgan fingerprint density at radius 2 is 1.59 bits per heavy atom. The molecule has 0 bridgehead atoms. The van der Waals surface area contributed by atoms with Crippen molar-refractivity contribution in [1.82, 2.24) is 0 Å². The third-order valence-electron chi connectivity index (χ3n) is 5.60. The lowest BCUT2D eigenvalue weighted by Gasteiger charge is -2.14. The van der Waals surface area contributed by atoms with Gasteiger partial charge in [-0.05, 0) is 35.2 Å². The third kappa shape index (κ3) is 4.59. The van der Waals surface area contributed by atoms with Crippen molar-refractivity contribution in [3.63, 3.8) is 0 Å². The Morgan fingerprint density at radius 1 is 1.00 bits per heavy atom. The van der Waals surface area contributed by atoms with Crippen LogP contribution in [0, 0.1) is 17.2 Å². The van der Waals surface area contributed by atoms with Crippen LogP contribution >= 0.6 is 7.82 Å². The van der Waals surface area contributed by atoms with Crippen LogP contribution in [0.25, 0.3) is 0 Å². The van der Waals surface area contributed by atoms with Crippen molar-refractivity contribution in [3.05, 3.63) is 47.3 Å². The summed E-state index contributed by atoms with van der Waals surface area (Å²) in [5.41, 5.74) is 0.450. The maximum Gasteiger partial charge on any atom is 0.505 e. The van der Waals surface area contributed by atoms with Gasteiger partial charge in [0.2, 0.25) is 11.5 Å². The van der Waals surface area contributed by atoms with Crippen LogP contribution in [0.5, 0.6) is 23.0 Å². The zero-order chi connectivity index (χ0) is 23.8. The predicted molar refractivity (Wildman–Crippen MR) is 111 cm³/mol. The summed E-state index contributed by atoms with van der Waals surface area (Å²) in [6, 6.07) is 6.99. The second kappa shape index (κ2) is 8.71. The number of Topliss-reactive ketones (excluding diaryl/α,β-unsaturated/α-hetero) is 1. The highest BCUT2D eigenvalue weighted by Gasteiger charge is 2.62.